The SMILES string of the molecule is Clc1ccc2c(c1)CN1C(CSC3=NCc4ccc(Br)cc4N3)=CSC1=N2. The molecule has 0 amide bonds. The van der Waals surface area contributed by atoms with Gasteiger partial charge in [-0.3, -0.25) is 4.99 Å². The Morgan fingerprint density at radius 1 is 1.22 bits per heavy atom. The molecular weight excluding hydrogens is 464 g/mol. The zero-order chi connectivity index (χ0) is 18.4. The first-order valence-corrected chi connectivity index (χ1v) is 11.4. The summed E-state index contributed by atoms with van der Waals surface area (Å²) >= 11 is 13.1. The van der Waals surface area contributed by atoms with Crippen LogP contribution >= 0.6 is 51.1 Å². The molecule has 0 unspecified atom stereocenters. The molecule has 5 rings (SSSR count). The van der Waals surface area contributed by atoms with Gasteiger partial charge in [-0.05, 0) is 46.9 Å². The highest BCUT2D eigenvalue weighted by Gasteiger charge is 2.28. The van der Waals surface area contributed by atoms with Gasteiger partial charge in [-0.1, -0.05) is 57.1 Å². The van der Waals surface area contributed by atoms with Crippen LogP contribution in [0, 0.1) is 0 Å². The van der Waals surface area contributed by atoms with Gasteiger partial charge in [0.15, 0.2) is 10.3 Å². The molecule has 136 valence electrons. The molecule has 27 heavy (non-hydrogen) atoms. The maximum atomic E-state index is 6.15. The quantitative estimate of drug-likeness (QED) is 0.558. The molecule has 4 nitrogen and oxygen atoms in total. The van der Waals surface area contributed by atoms with Gasteiger partial charge in [-0.2, -0.15) is 0 Å². The van der Waals surface area contributed by atoms with Crippen LogP contribution in [0.25, 0.3) is 0 Å². The van der Waals surface area contributed by atoms with Crippen LogP contribution in [0.1, 0.15) is 11.1 Å². The van der Waals surface area contributed by atoms with E-state index in [0.29, 0.717) is 6.54 Å². The lowest BCUT2D eigenvalue weighted by Crippen LogP contribution is -2.28. The number of hydrogen-bond acceptors (Lipinski definition) is 6. The van der Waals surface area contributed by atoms with Crippen LogP contribution in [0.3, 0.4) is 0 Å². The van der Waals surface area contributed by atoms with E-state index >= 15 is 0 Å². The molecule has 3 heterocycles. The highest BCUT2D eigenvalue weighted by Crippen LogP contribution is 2.39. The first-order valence-electron chi connectivity index (χ1n) is 8.39. The topological polar surface area (TPSA) is 40.0 Å². The van der Waals surface area contributed by atoms with Gasteiger partial charge in [-0.25, -0.2) is 4.99 Å². The number of nitrogens with one attached hydrogen (secondary N) is 1. The highest BCUT2D eigenvalue weighted by molar-refractivity contribution is 9.10. The van der Waals surface area contributed by atoms with Crippen molar-refractivity contribution < 1.29 is 0 Å². The molecule has 0 saturated carbocycles. The van der Waals surface area contributed by atoms with Crippen molar-refractivity contribution in [2.24, 2.45) is 9.98 Å². The second-order valence-corrected chi connectivity index (χ2v) is 9.47. The molecule has 0 aliphatic carbocycles. The fourth-order valence-electron chi connectivity index (χ4n) is 3.14. The molecule has 3 aliphatic heterocycles. The van der Waals surface area contributed by atoms with Crippen LogP contribution < -0.4 is 5.32 Å². The Balaban J connectivity index is 1.27. The molecule has 2 aromatic carbocycles. The minimum Gasteiger partial charge on any atom is -0.335 e. The summed E-state index contributed by atoms with van der Waals surface area (Å²) in [6, 6.07) is 12.2. The van der Waals surface area contributed by atoms with Crippen LogP contribution in [0.4, 0.5) is 11.4 Å². The smallest absolute Gasteiger partial charge is 0.173 e. The number of benzene rings is 2. The number of rotatable bonds is 2. The summed E-state index contributed by atoms with van der Waals surface area (Å²) in [6.07, 6.45) is 0. The van der Waals surface area contributed by atoms with Crippen LogP contribution in [-0.4, -0.2) is 21.0 Å². The maximum absolute atomic E-state index is 6.15. The van der Waals surface area contributed by atoms with Crippen molar-refractivity contribution in [3.05, 3.63) is 68.1 Å². The summed E-state index contributed by atoms with van der Waals surface area (Å²) in [7, 11) is 0. The summed E-state index contributed by atoms with van der Waals surface area (Å²) in [5, 5.41) is 8.37. The van der Waals surface area contributed by atoms with Crippen LogP contribution in [0.15, 0.2) is 62.0 Å². The van der Waals surface area contributed by atoms with Crippen molar-refractivity contribution in [1.29, 1.82) is 0 Å². The van der Waals surface area contributed by atoms with Gasteiger partial charge in [0, 0.05) is 26.6 Å². The van der Waals surface area contributed by atoms with E-state index in [1.807, 2.05) is 18.2 Å². The minimum absolute atomic E-state index is 0.716. The summed E-state index contributed by atoms with van der Waals surface area (Å²) in [5.74, 6) is 0.844. The van der Waals surface area contributed by atoms with Crippen molar-refractivity contribution in [3.63, 3.8) is 0 Å². The summed E-state index contributed by atoms with van der Waals surface area (Å²) in [6.45, 7) is 1.53. The van der Waals surface area contributed by atoms with Crippen molar-refractivity contribution in [2.75, 3.05) is 11.1 Å². The predicted molar refractivity (Wildman–Crippen MR) is 121 cm³/mol. The number of nitrogens with zero attached hydrogens (tertiary/aromatic N) is 3. The van der Waals surface area contributed by atoms with E-state index in [0.717, 1.165) is 49.1 Å². The summed E-state index contributed by atoms with van der Waals surface area (Å²) in [4.78, 5) is 11.7. The van der Waals surface area contributed by atoms with E-state index in [1.165, 1.54) is 11.3 Å². The number of hydrogen-bond donors (Lipinski definition) is 1. The standard InChI is InChI=1S/C19H14BrClN4S2/c20-13-2-1-11-7-22-18(23-17(11)6-13)26-9-15-10-27-19-24-16-4-3-14(21)5-12(16)8-25(15)19/h1-6,10H,7-9H2,(H,22,23). The van der Waals surface area contributed by atoms with Gasteiger partial charge in [0.05, 0.1) is 18.8 Å². The third-order valence-corrected chi connectivity index (χ3v) is 7.11. The Bertz CT molecular complexity index is 1030. The molecule has 1 N–H and O–H groups in total. The van der Waals surface area contributed by atoms with E-state index in [9.17, 15) is 0 Å². The lowest BCUT2D eigenvalue weighted by Gasteiger charge is -2.27. The number of anilines is 1. The van der Waals surface area contributed by atoms with Crippen molar-refractivity contribution in [1.82, 2.24) is 4.90 Å². The fraction of sp³-hybridized carbons (Fsp3) is 0.158. The van der Waals surface area contributed by atoms with Crippen molar-refractivity contribution >= 4 is 72.8 Å². The number of fused-ring (bicyclic) bond motifs is 3. The minimum atomic E-state index is 0.716. The third-order valence-electron chi connectivity index (χ3n) is 4.53. The number of aliphatic imine (C=N–C) groups is 2. The molecule has 0 fully saturated rings. The van der Waals surface area contributed by atoms with Gasteiger partial charge in [0.2, 0.25) is 0 Å². The Morgan fingerprint density at radius 2 is 2.15 bits per heavy atom. The van der Waals surface area contributed by atoms with Crippen LogP contribution in [-0.2, 0) is 13.1 Å². The average molecular weight is 478 g/mol. The van der Waals surface area contributed by atoms with Crippen LogP contribution in [0.2, 0.25) is 5.02 Å². The Labute approximate surface area is 179 Å². The lowest BCUT2D eigenvalue weighted by atomic mass is 10.1. The Hall–Kier alpha value is -1.41. The largest absolute Gasteiger partial charge is 0.335 e. The molecule has 2 aromatic rings. The van der Waals surface area contributed by atoms with E-state index in [2.05, 4.69) is 54.7 Å². The molecule has 0 spiro atoms. The van der Waals surface area contributed by atoms with Crippen molar-refractivity contribution in [2.45, 2.75) is 13.1 Å². The molecule has 0 bridgehead atoms. The first kappa shape index (κ1) is 17.7. The van der Waals surface area contributed by atoms with Gasteiger partial charge in [0.1, 0.15) is 0 Å². The van der Waals surface area contributed by atoms with E-state index in [-0.39, 0.29) is 0 Å². The Kier molecular flexibility index (Phi) is 4.71. The second kappa shape index (κ2) is 7.20. The highest BCUT2D eigenvalue weighted by atomic mass is 79.9. The average Bonchev–Trinajstić information content (AvgIpc) is 3.06. The molecule has 0 radical (unpaired) electrons. The number of halogens is 2. The molecule has 0 atom stereocenters. The summed E-state index contributed by atoms with van der Waals surface area (Å²) in [5.41, 5.74) is 5.77. The van der Waals surface area contributed by atoms with Crippen LogP contribution in [0.5, 0.6) is 0 Å². The molecule has 8 heteroatoms. The lowest BCUT2D eigenvalue weighted by molar-refractivity contribution is 0.519. The van der Waals surface area contributed by atoms with E-state index in [4.69, 9.17) is 16.6 Å². The van der Waals surface area contributed by atoms with Crippen molar-refractivity contribution in [3.8, 4) is 0 Å². The Morgan fingerprint density at radius 3 is 3.07 bits per heavy atom. The normalized spacial score (nSPS) is 17.3. The monoisotopic (exact) mass is 476 g/mol. The van der Waals surface area contributed by atoms with E-state index in [1.54, 1.807) is 23.5 Å². The number of thioether (sulfide) groups is 2. The molecule has 3 aliphatic rings. The fourth-order valence-corrected chi connectivity index (χ4v) is 5.58. The van der Waals surface area contributed by atoms with Gasteiger partial charge < -0.3 is 10.2 Å². The second-order valence-electron chi connectivity index (χ2n) is 6.32. The van der Waals surface area contributed by atoms with Gasteiger partial charge in [-0.15, -0.1) is 0 Å². The number of amidine groups is 2. The third kappa shape index (κ3) is 3.53. The molecular formula is C19H14BrClN4S2. The zero-order valence-electron chi connectivity index (χ0n) is 14.1. The molecule has 0 aromatic heterocycles. The van der Waals surface area contributed by atoms with E-state index < -0.39 is 0 Å². The van der Waals surface area contributed by atoms with Gasteiger partial charge in [0.25, 0.3) is 0 Å². The predicted octanol–water partition coefficient (Wildman–Crippen LogP) is 6.21. The zero-order valence-corrected chi connectivity index (χ0v) is 18.1. The summed E-state index contributed by atoms with van der Waals surface area (Å²) < 4.78 is 1.07. The maximum Gasteiger partial charge on any atom is 0.173 e. The first-order chi connectivity index (χ1) is 13.2. The van der Waals surface area contributed by atoms with Gasteiger partial charge >= 0.3 is 0 Å². The molecule has 0 saturated heterocycles.